The number of rotatable bonds is 7. The van der Waals surface area contributed by atoms with E-state index >= 15 is 0 Å². The van der Waals surface area contributed by atoms with Crippen molar-refractivity contribution in [3.05, 3.63) is 72.6 Å². The van der Waals surface area contributed by atoms with Crippen LogP contribution in [0.1, 0.15) is 10.5 Å². The number of ether oxygens (including phenoxy) is 2. The molecule has 0 aliphatic heterocycles. The molecular formula is C23H20N4O3. The first-order chi connectivity index (χ1) is 14.7. The Labute approximate surface area is 173 Å². The number of aldehydes is 1. The van der Waals surface area contributed by atoms with Gasteiger partial charge in [-0.2, -0.15) is 5.10 Å². The number of methoxy groups -OCH3 is 2. The van der Waals surface area contributed by atoms with E-state index in [0.29, 0.717) is 12.0 Å². The van der Waals surface area contributed by atoms with Gasteiger partial charge in [0.15, 0.2) is 6.29 Å². The van der Waals surface area contributed by atoms with Crippen molar-refractivity contribution < 1.29 is 14.3 Å². The molecule has 0 bridgehead atoms. The number of carbonyl (C=O) groups excluding carboxylic acids is 1. The van der Waals surface area contributed by atoms with E-state index < -0.39 is 0 Å². The number of nitrogens with one attached hydrogen (secondary N) is 2. The molecular weight excluding hydrogens is 380 g/mol. The number of pyridine rings is 1. The first-order valence-corrected chi connectivity index (χ1v) is 9.26. The summed E-state index contributed by atoms with van der Waals surface area (Å²) in [7, 11) is 3.28. The van der Waals surface area contributed by atoms with Crippen LogP contribution in [-0.4, -0.2) is 35.7 Å². The fraction of sp³-hybridized carbons (Fsp3) is 0.0870. The zero-order valence-electron chi connectivity index (χ0n) is 16.5. The molecule has 0 fully saturated rings. The van der Waals surface area contributed by atoms with Crippen LogP contribution in [0.2, 0.25) is 0 Å². The number of benzene rings is 2. The van der Waals surface area contributed by atoms with E-state index in [4.69, 9.17) is 9.47 Å². The van der Waals surface area contributed by atoms with Crippen LogP contribution in [0.15, 0.2) is 66.9 Å². The van der Waals surface area contributed by atoms with Crippen LogP contribution in [0.25, 0.3) is 22.4 Å². The van der Waals surface area contributed by atoms with Crippen LogP contribution in [0.5, 0.6) is 11.5 Å². The standard InChI is InChI=1S/C23H20N4O3/c1-29-19-9-10-20(22(11-19)30-2)15-3-5-16(6-4-15)21-12-23(27-26-21)25-17-7-8-18(14-28)24-13-17/h3-14H,1-2H3,(H2,25,26,27). The van der Waals surface area contributed by atoms with Gasteiger partial charge < -0.3 is 14.8 Å². The Kier molecular flexibility index (Phi) is 5.43. The van der Waals surface area contributed by atoms with Crippen LogP contribution in [0.3, 0.4) is 0 Å². The van der Waals surface area contributed by atoms with Gasteiger partial charge in [0.1, 0.15) is 23.0 Å². The maximum absolute atomic E-state index is 10.7. The van der Waals surface area contributed by atoms with Crippen molar-refractivity contribution in [2.45, 2.75) is 0 Å². The molecule has 0 spiro atoms. The number of anilines is 2. The number of nitrogens with zero attached hydrogens (tertiary/aromatic N) is 2. The summed E-state index contributed by atoms with van der Waals surface area (Å²) in [4.78, 5) is 14.7. The third-order valence-corrected chi connectivity index (χ3v) is 4.66. The number of aromatic nitrogens is 3. The zero-order valence-corrected chi connectivity index (χ0v) is 16.5. The lowest BCUT2D eigenvalue weighted by Gasteiger charge is -2.11. The van der Waals surface area contributed by atoms with Crippen molar-refractivity contribution in [1.82, 2.24) is 15.2 Å². The number of H-pyrrole nitrogens is 1. The molecule has 0 radical (unpaired) electrons. The van der Waals surface area contributed by atoms with Gasteiger partial charge >= 0.3 is 0 Å². The Morgan fingerprint density at radius 1 is 0.933 bits per heavy atom. The minimum absolute atomic E-state index is 0.388. The summed E-state index contributed by atoms with van der Waals surface area (Å²) in [6.45, 7) is 0. The molecule has 0 saturated carbocycles. The second-order valence-electron chi connectivity index (χ2n) is 6.53. The van der Waals surface area contributed by atoms with Crippen molar-refractivity contribution in [3.8, 4) is 33.9 Å². The lowest BCUT2D eigenvalue weighted by atomic mass is 10.0. The molecule has 7 heteroatoms. The average Bonchev–Trinajstić information content (AvgIpc) is 3.27. The normalized spacial score (nSPS) is 10.5. The molecule has 2 heterocycles. The highest BCUT2D eigenvalue weighted by Gasteiger charge is 2.09. The number of aromatic amines is 1. The van der Waals surface area contributed by atoms with Crippen molar-refractivity contribution >= 4 is 17.8 Å². The van der Waals surface area contributed by atoms with Gasteiger partial charge in [-0.15, -0.1) is 0 Å². The summed E-state index contributed by atoms with van der Waals surface area (Å²) in [5.74, 6) is 2.23. The van der Waals surface area contributed by atoms with Crippen molar-refractivity contribution in [2.24, 2.45) is 0 Å². The molecule has 2 aromatic heterocycles. The Bertz CT molecular complexity index is 1150. The Balaban J connectivity index is 1.53. The summed E-state index contributed by atoms with van der Waals surface area (Å²) in [5.41, 5.74) is 4.96. The smallest absolute Gasteiger partial charge is 0.168 e. The minimum Gasteiger partial charge on any atom is -0.497 e. The van der Waals surface area contributed by atoms with Gasteiger partial charge in [0, 0.05) is 23.3 Å². The van der Waals surface area contributed by atoms with Crippen LogP contribution in [0, 0.1) is 0 Å². The van der Waals surface area contributed by atoms with E-state index in [1.54, 1.807) is 32.5 Å². The highest BCUT2D eigenvalue weighted by Crippen LogP contribution is 2.34. The van der Waals surface area contributed by atoms with Gasteiger partial charge in [-0.25, -0.2) is 0 Å². The van der Waals surface area contributed by atoms with Crippen molar-refractivity contribution in [3.63, 3.8) is 0 Å². The highest BCUT2D eigenvalue weighted by atomic mass is 16.5. The molecule has 4 aromatic rings. The fourth-order valence-electron chi connectivity index (χ4n) is 3.10. The molecule has 2 N–H and O–H groups in total. The maximum atomic E-state index is 10.7. The van der Waals surface area contributed by atoms with E-state index in [9.17, 15) is 4.79 Å². The Hall–Kier alpha value is -4.13. The third kappa shape index (κ3) is 4.00. The minimum atomic E-state index is 0.388. The topological polar surface area (TPSA) is 89.1 Å². The van der Waals surface area contributed by atoms with Crippen molar-refractivity contribution in [1.29, 1.82) is 0 Å². The van der Waals surface area contributed by atoms with Gasteiger partial charge in [0.2, 0.25) is 0 Å². The third-order valence-electron chi connectivity index (χ3n) is 4.66. The van der Waals surface area contributed by atoms with Gasteiger partial charge in [-0.3, -0.25) is 14.9 Å². The zero-order chi connectivity index (χ0) is 20.9. The molecule has 4 rings (SSSR count). The number of hydrogen-bond acceptors (Lipinski definition) is 6. The molecule has 7 nitrogen and oxygen atoms in total. The van der Waals surface area contributed by atoms with Gasteiger partial charge in [0.05, 0.1) is 31.8 Å². The van der Waals surface area contributed by atoms with Crippen LogP contribution in [-0.2, 0) is 0 Å². The molecule has 150 valence electrons. The van der Waals surface area contributed by atoms with E-state index in [1.807, 2.05) is 48.5 Å². The van der Waals surface area contributed by atoms with Crippen LogP contribution in [0.4, 0.5) is 11.5 Å². The maximum Gasteiger partial charge on any atom is 0.168 e. The summed E-state index contributed by atoms with van der Waals surface area (Å²) in [6, 6.07) is 19.2. The largest absolute Gasteiger partial charge is 0.497 e. The van der Waals surface area contributed by atoms with Gasteiger partial charge in [0.25, 0.3) is 0 Å². The van der Waals surface area contributed by atoms with Gasteiger partial charge in [-0.1, -0.05) is 24.3 Å². The first-order valence-electron chi connectivity index (χ1n) is 9.26. The molecule has 30 heavy (non-hydrogen) atoms. The highest BCUT2D eigenvalue weighted by molar-refractivity contribution is 5.75. The second kappa shape index (κ2) is 8.48. The molecule has 0 aliphatic rings. The monoisotopic (exact) mass is 400 g/mol. The summed E-state index contributed by atoms with van der Waals surface area (Å²) in [6.07, 6.45) is 2.31. The fourth-order valence-corrected chi connectivity index (χ4v) is 3.10. The Morgan fingerprint density at radius 2 is 1.73 bits per heavy atom. The Morgan fingerprint density at radius 3 is 2.40 bits per heavy atom. The molecule has 0 saturated heterocycles. The van der Waals surface area contributed by atoms with E-state index in [2.05, 4.69) is 20.5 Å². The predicted molar refractivity (Wildman–Crippen MR) is 115 cm³/mol. The first kappa shape index (κ1) is 19.2. The van der Waals surface area contributed by atoms with Gasteiger partial charge in [-0.05, 0) is 29.8 Å². The van der Waals surface area contributed by atoms with E-state index in [0.717, 1.165) is 45.4 Å². The summed E-state index contributed by atoms with van der Waals surface area (Å²) < 4.78 is 10.8. The molecule has 0 unspecified atom stereocenters. The van der Waals surface area contributed by atoms with Crippen molar-refractivity contribution in [2.75, 3.05) is 19.5 Å². The predicted octanol–water partition coefficient (Wildman–Crippen LogP) is 4.71. The summed E-state index contributed by atoms with van der Waals surface area (Å²) in [5, 5.41) is 10.5. The summed E-state index contributed by atoms with van der Waals surface area (Å²) >= 11 is 0. The lowest BCUT2D eigenvalue weighted by molar-refractivity contribution is 0.111. The van der Waals surface area contributed by atoms with Crippen LogP contribution >= 0.6 is 0 Å². The number of carbonyl (C=O) groups is 1. The molecule has 0 amide bonds. The quantitative estimate of drug-likeness (QED) is 0.437. The van der Waals surface area contributed by atoms with Crippen LogP contribution < -0.4 is 14.8 Å². The lowest BCUT2D eigenvalue weighted by Crippen LogP contribution is -1.93. The van der Waals surface area contributed by atoms with E-state index in [1.165, 1.54) is 0 Å². The average molecular weight is 400 g/mol. The molecule has 2 aromatic carbocycles. The van der Waals surface area contributed by atoms with E-state index in [-0.39, 0.29) is 0 Å². The SMILES string of the molecule is COc1ccc(-c2ccc(-c3cc(Nc4ccc(C=O)nc4)[nH]n3)cc2)c(OC)c1. The molecule has 0 atom stereocenters. The second-order valence-corrected chi connectivity index (χ2v) is 6.53. The number of hydrogen-bond donors (Lipinski definition) is 2. The molecule has 0 aliphatic carbocycles.